The van der Waals surface area contributed by atoms with Crippen LogP contribution in [0.5, 0.6) is 5.75 Å². The third-order valence-electron chi connectivity index (χ3n) is 4.00. The molecule has 1 heterocycles. The summed E-state index contributed by atoms with van der Waals surface area (Å²) in [5, 5.41) is 0. The minimum atomic E-state index is -0.189. The highest BCUT2D eigenvalue weighted by Gasteiger charge is 2.46. The Morgan fingerprint density at radius 3 is 2.63 bits per heavy atom. The van der Waals surface area contributed by atoms with Crippen LogP contribution in [-0.4, -0.2) is 17.2 Å². The SMILES string of the molecule is CC(=O)[C@H]1C[C@@H]1C(=O)c1ccc2c(c1)CC(C)(C)O2. The molecule has 0 amide bonds. The van der Waals surface area contributed by atoms with Crippen LogP contribution in [-0.2, 0) is 11.2 Å². The fraction of sp³-hybridized carbons (Fsp3) is 0.500. The van der Waals surface area contributed by atoms with E-state index in [1.165, 1.54) is 0 Å². The summed E-state index contributed by atoms with van der Waals surface area (Å²) in [5.41, 5.74) is 1.62. The molecular formula is C16H18O3. The van der Waals surface area contributed by atoms with E-state index in [4.69, 9.17) is 4.74 Å². The standard InChI is InChI=1S/C16H18O3/c1-9(17)12-7-13(12)15(18)10-4-5-14-11(6-10)8-16(2,3)19-14/h4-6,12-13H,7-8H2,1-3H3/t12-,13+/m1/s1. The van der Waals surface area contributed by atoms with Crippen molar-refractivity contribution in [2.75, 3.05) is 0 Å². The Morgan fingerprint density at radius 2 is 2.00 bits per heavy atom. The minimum Gasteiger partial charge on any atom is -0.487 e. The maximum Gasteiger partial charge on any atom is 0.166 e. The van der Waals surface area contributed by atoms with Crippen molar-refractivity contribution in [3.05, 3.63) is 29.3 Å². The van der Waals surface area contributed by atoms with Gasteiger partial charge in [0.1, 0.15) is 17.1 Å². The molecule has 1 aromatic rings. The first kappa shape index (κ1) is 12.4. The van der Waals surface area contributed by atoms with Gasteiger partial charge in [0, 0.05) is 23.8 Å². The molecule has 0 aromatic heterocycles. The molecule has 0 spiro atoms. The number of carbonyl (C=O) groups excluding carboxylic acids is 2. The fourth-order valence-electron chi connectivity index (χ4n) is 2.91. The lowest BCUT2D eigenvalue weighted by Crippen LogP contribution is -2.24. The van der Waals surface area contributed by atoms with Crippen molar-refractivity contribution in [3.8, 4) is 5.75 Å². The number of benzene rings is 1. The first-order chi connectivity index (χ1) is 8.87. The molecule has 100 valence electrons. The lowest BCUT2D eigenvalue weighted by Gasteiger charge is -2.16. The van der Waals surface area contributed by atoms with Crippen molar-refractivity contribution in [1.82, 2.24) is 0 Å². The van der Waals surface area contributed by atoms with E-state index < -0.39 is 0 Å². The molecule has 0 unspecified atom stereocenters. The summed E-state index contributed by atoms with van der Waals surface area (Å²) in [6.45, 7) is 5.65. The van der Waals surface area contributed by atoms with E-state index in [-0.39, 0.29) is 29.0 Å². The predicted octanol–water partition coefficient (Wildman–Crippen LogP) is 2.81. The van der Waals surface area contributed by atoms with Crippen LogP contribution in [0.3, 0.4) is 0 Å². The van der Waals surface area contributed by atoms with Gasteiger partial charge in [0.25, 0.3) is 0 Å². The van der Waals surface area contributed by atoms with E-state index in [0.717, 1.165) is 17.7 Å². The van der Waals surface area contributed by atoms with Crippen LogP contribution in [0.25, 0.3) is 0 Å². The Balaban J connectivity index is 1.81. The molecule has 0 radical (unpaired) electrons. The zero-order chi connectivity index (χ0) is 13.8. The van der Waals surface area contributed by atoms with Gasteiger partial charge in [0.15, 0.2) is 5.78 Å². The number of rotatable bonds is 3. The predicted molar refractivity (Wildman–Crippen MR) is 71.5 cm³/mol. The van der Waals surface area contributed by atoms with Crippen molar-refractivity contribution in [2.45, 2.75) is 39.2 Å². The van der Waals surface area contributed by atoms with Gasteiger partial charge < -0.3 is 4.74 Å². The number of fused-ring (bicyclic) bond motifs is 1. The van der Waals surface area contributed by atoms with Gasteiger partial charge in [0.05, 0.1) is 0 Å². The van der Waals surface area contributed by atoms with E-state index in [2.05, 4.69) is 0 Å². The Kier molecular flexibility index (Phi) is 2.56. The fourth-order valence-corrected chi connectivity index (χ4v) is 2.91. The number of hydrogen-bond acceptors (Lipinski definition) is 3. The zero-order valence-electron chi connectivity index (χ0n) is 11.5. The molecule has 19 heavy (non-hydrogen) atoms. The third kappa shape index (κ3) is 2.18. The maximum atomic E-state index is 12.3. The molecule has 1 aromatic carbocycles. The Morgan fingerprint density at radius 1 is 1.26 bits per heavy atom. The van der Waals surface area contributed by atoms with Crippen molar-refractivity contribution < 1.29 is 14.3 Å². The largest absolute Gasteiger partial charge is 0.487 e. The van der Waals surface area contributed by atoms with E-state index >= 15 is 0 Å². The summed E-state index contributed by atoms with van der Waals surface area (Å²) in [4.78, 5) is 23.5. The van der Waals surface area contributed by atoms with Gasteiger partial charge in [-0.2, -0.15) is 0 Å². The Bertz CT molecular complexity index is 571. The van der Waals surface area contributed by atoms with Crippen LogP contribution in [0.4, 0.5) is 0 Å². The summed E-state index contributed by atoms with van der Waals surface area (Å²) in [5.74, 6) is 0.969. The average molecular weight is 258 g/mol. The summed E-state index contributed by atoms with van der Waals surface area (Å²) in [7, 11) is 0. The number of hydrogen-bond donors (Lipinski definition) is 0. The lowest BCUT2D eigenvalue weighted by atomic mass is 9.97. The lowest BCUT2D eigenvalue weighted by molar-refractivity contribution is -0.118. The van der Waals surface area contributed by atoms with Gasteiger partial charge in [-0.25, -0.2) is 0 Å². The van der Waals surface area contributed by atoms with Crippen molar-refractivity contribution in [2.24, 2.45) is 11.8 Å². The molecule has 3 heteroatoms. The first-order valence-corrected chi connectivity index (χ1v) is 6.74. The molecule has 0 N–H and O–H groups in total. The molecule has 1 saturated carbocycles. The number of ether oxygens (including phenoxy) is 1. The number of ketones is 2. The van der Waals surface area contributed by atoms with Gasteiger partial charge in [-0.15, -0.1) is 0 Å². The summed E-state index contributed by atoms with van der Waals surface area (Å²) >= 11 is 0. The molecule has 3 rings (SSSR count). The van der Waals surface area contributed by atoms with Gasteiger partial charge in [-0.1, -0.05) is 0 Å². The number of Topliss-reactive ketones (excluding diaryl/α,β-unsaturated/α-hetero) is 2. The molecule has 2 atom stereocenters. The van der Waals surface area contributed by atoms with E-state index in [1.807, 2.05) is 32.0 Å². The van der Waals surface area contributed by atoms with Crippen molar-refractivity contribution >= 4 is 11.6 Å². The highest BCUT2D eigenvalue weighted by atomic mass is 16.5. The third-order valence-corrected chi connectivity index (χ3v) is 4.00. The second-order valence-corrected chi connectivity index (χ2v) is 6.28. The molecule has 2 aliphatic rings. The summed E-state index contributed by atoms with van der Waals surface area (Å²) < 4.78 is 5.80. The van der Waals surface area contributed by atoms with Crippen LogP contribution in [0.1, 0.15) is 43.1 Å². The topological polar surface area (TPSA) is 43.4 Å². The molecular weight excluding hydrogens is 240 g/mol. The smallest absolute Gasteiger partial charge is 0.166 e. The molecule has 3 nitrogen and oxygen atoms in total. The average Bonchev–Trinajstić information content (AvgIpc) is 3.04. The molecule has 1 aliphatic heterocycles. The maximum absolute atomic E-state index is 12.3. The van der Waals surface area contributed by atoms with Gasteiger partial charge in [-0.05, 0) is 51.0 Å². The van der Waals surface area contributed by atoms with Crippen LogP contribution in [0.2, 0.25) is 0 Å². The molecule has 1 aliphatic carbocycles. The van der Waals surface area contributed by atoms with E-state index in [1.54, 1.807) is 6.92 Å². The van der Waals surface area contributed by atoms with Gasteiger partial charge in [-0.3, -0.25) is 9.59 Å². The molecule has 1 fully saturated rings. The summed E-state index contributed by atoms with van der Waals surface area (Å²) in [6.07, 6.45) is 1.54. The number of carbonyl (C=O) groups is 2. The van der Waals surface area contributed by atoms with E-state index in [0.29, 0.717) is 12.0 Å². The minimum absolute atomic E-state index is 0.0477. The second kappa shape index (κ2) is 3.92. The molecule has 0 bridgehead atoms. The second-order valence-electron chi connectivity index (χ2n) is 6.28. The van der Waals surface area contributed by atoms with Gasteiger partial charge in [0.2, 0.25) is 0 Å². The van der Waals surface area contributed by atoms with Gasteiger partial charge >= 0.3 is 0 Å². The van der Waals surface area contributed by atoms with Crippen molar-refractivity contribution in [3.63, 3.8) is 0 Å². The Hall–Kier alpha value is -1.64. The zero-order valence-corrected chi connectivity index (χ0v) is 11.5. The monoisotopic (exact) mass is 258 g/mol. The van der Waals surface area contributed by atoms with Crippen LogP contribution >= 0.6 is 0 Å². The highest BCUT2D eigenvalue weighted by molar-refractivity contribution is 6.03. The van der Waals surface area contributed by atoms with Crippen LogP contribution in [0.15, 0.2) is 18.2 Å². The quantitative estimate of drug-likeness (QED) is 0.783. The van der Waals surface area contributed by atoms with Crippen LogP contribution in [0, 0.1) is 11.8 Å². The highest BCUT2D eigenvalue weighted by Crippen LogP contribution is 2.42. The summed E-state index contributed by atoms with van der Waals surface area (Å²) in [6, 6.07) is 5.63. The Labute approximate surface area is 113 Å². The van der Waals surface area contributed by atoms with Crippen LogP contribution < -0.4 is 4.74 Å². The normalized spacial score (nSPS) is 26.5. The van der Waals surface area contributed by atoms with E-state index in [9.17, 15) is 9.59 Å². The first-order valence-electron chi connectivity index (χ1n) is 6.74. The van der Waals surface area contributed by atoms with Crippen molar-refractivity contribution in [1.29, 1.82) is 0 Å². The molecule has 0 saturated heterocycles.